The standard InChI is InChI=1S/C14H17N3O2S/c1-9(10-6-4-5-7-15-10)16-13-17-11(8-20-13)14(2,3)12(18)19/h4-9H,1-3H3,(H,16,17)(H,18,19). The molecule has 0 aliphatic carbocycles. The van der Waals surface area contributed by atoms with E-state index in [0.717, 1.165) is 5.69 Å². The first-order chi connectivity index (χ1) is 9.41. The third-order valence-corrected chi connectivity index (χ3v) is 3.92. The van der Waals surface area contributed by atoms with Gasteiger partial charge in [0.2, 0.25) is 0 Å². The maximum Gasteiger partial charge on any atom is 0.315 e. The first-order valence-electron chi connectivity index (χ1n) is 6.28. The highest BCUT2D eigenvalue weighted by molar-refractivity contribution is 7.13. The zero-order valence-corrected chi connectivity index (χ0v) is 12.4. The highest BCUT2D eigenvalue weighted by atomic mass is 32.1. The Balaban J connectivity index is 2.13. The molecule has 20 heavy (non-hydrogen) atoms. The lowest BCUT2D eigenvalue weighted by atomic mass is 9.90. The lowest BCUT2D eigenvalue weighted by molar-refractivity contribution is -0.142. The van der Waals surface area contributed by atoms with Gasteiger partial charge in [0.25, 0.3) is 0 Å². The molecule has 2 rings (SSSR count). The van der Waals surface area contributed by atoms with E-state index in [2.05, 4.69) is 15.3 Å². The second kappa shape index (κ2) is 5.58. The van der Waals surface area contributed by atoms with E-state index in [0.29, 0.717) is 10.8 Å². The highest BCUT2D eigenvalue weighted by Crippen LogP contribution is 2.29. The minimum absolute atomic E-state index is 0.0168. The first kappa shape index (κ1) is 14.5. The molecule has 2 N–H and O–H groups in total. The maximum atomic E-state index is 11.2. The van der Waals surface area contributed by atoms with Gasteiger partial charge in [-0.2, -0.15) is 0 Å². The van der Waals surface area contributed by atoms with Gasteiger partial charge in [0.1, 0.15) is 5.41 Å². The smallest absolute Gasteiger partial charge is 0.315 e. The Labute approximate surface area is 121 Å². The number of aromatic nitrogens is 2. The normalized spacial score (nSPS) is 12.9. The van der Waals surface area contributed by atoms with Crippen LogP contribution in [-0.2, 0) is 10.2 Å². The van der Waals surface area contributed by atoms with Crippen molar-refractivity contribution in [2.75, 3.05) is 5.32 Å². The van der Waals surface area contributed by atoms with Gasteiger partial charge in [-0.1, -0.05) is 6.07 Å². The summed E-state index contributed by atoms with van der Waals surface area (Å²) in [6, 6.07) is 5.75. The minimum Gasteiger partial charge on any atom is -0.481 e. The van der Waals surface area contributed by atoms with Gasteiger partial charge in [-0.25, -0.2) is 4.98 Å². The Morgan fingerprint density at radius 3 is 2.80 bits per heavy atom. The molecular formula is C14H17N3O2S. The zero-order valence-electron chi connectivity index (χ0n) is 11.6. The number of pyridine rings is 1. The van der Waals surface area contributed by atoms with Crippen molar-refractivity contribution in [1.82, 2.24) is 9.97 Å². The van der Waals surface area contributed by atoms with E-state index < -0.39 is 11.4 Å². The first-order valence-corrected chi connectivity index (χ1v) is 7.16. The molecule has 2 aromatic rings. The predicted molar refractivity (Wildman–Crippen MR) is 79.1 cm³/mol. The number of carboxylic acids is 1. The summed E-state index contributed by atoms with van der Waals surface area (Å²) < 4.78 is 0. The van der Waals surface area contributed by atoms with Gasteiger partial charge in [-0.15, -0.1) is 11.3 Å². The van der Waals surface area contributed by atoms with Crippen LogP contribution in [0.1, 0.15) is 38.2 Å². The molecule has 0 saturated carbocycles. The molecule has 1 atom stereocenters. The number of carboxylic acid groups (broad SMARTS) is 1. The molecule has 2 aromatic heterocycles. The van der Waals surface area contributed by atoms with Crippen molar-refractivity contribution in [3.8, 4) is 0 Å². The van der Waals surface area contributed by atoms with Gasteiger partial charge in [0, 0.05) is 11.6 Å². The Morgan fingerprint density at radius 1 is 1.45 bits per heavy atom. The summed E-state index contributed by atoms with van der Waals surface area (Å²) in [6.07, 6.45) is 1.74. The third kappa shape index (κ3) is 2.96. The largest absolute Gasteiger partial charge is 0.481 e. The number of hydrogen-bond acceptors (Lipinski definition) is 5. The van der Waals surface area contributed by atoms with E-state index >= 15 is 0 Å². The van der Waals surface area contributed by atoms with Crippen molar-refractivity contribution in [2.45, 2.75) is 32.2 Å². The molecular weight excluding hydrogens is 274 g/mol. The summed E-state index contributed by atoms with van der Waals surface area (Å²) in [5.41, 5.74) is 0.498. The van der Waals surface area contributed by atoms with Crippen LogP contribution in [0.3, 0.4) is 0 Å². The highest BCUT2D eigenvalue weighted by Gasteiger charge is 2.32. The summed E-state index contributed by atoms with van der Waals surface area (Å²) in [5.74, 6) is -0.882. The van der Waals surface area contributed by atoms with Crippen LogP contribution < -0.4 is 5.32 Å². The van der Waals surface area contributed by atoms with E-state index in [4.69, 9.17) is 0 Å². The lowest BCUT2D eigenvalue weighted by Crippen LogP contribution is -2.28. The van der Waals surface area contributed by atoms with Gasteiger partial charge < -0.3 is 10.4 Å². The third-order valence-electron chi connectivity index (χ3n) is 3.15. The number of nitrogens with zero attached hydrogens (tertiary/aromatic N) is 2. The van der Waals surface area contributed by atoms with Crippen molar-refractivity contribution in [2.24, 2.45) is 0 Å². The fraction of sp³-hybridized carbons (Fsp3) is 0.357. The van der Waals surface area contributed by atoms with Crippen LogP contribution in [0.5, 0.6) is 0 Å². The quantitative estimate of drug-likeness (QED) is 0.885. The SMILES string of the molecule is CC(Nc1nc(C(C)(C)C(=O)O)cs1)c1ccccn1. The predicted octanol–water partition coefficient (Wildman–Crippen LogP) is 3.07. The molecule has 1 unspecified atom stereocenters. The van der Waals surface area contributed by atoms with E-state index in [9.17, 15) is 9.90 Å². The second-order valence-electron chi connectivity index (χ2n) is 5.09. The Bertz CT molecular complexity index is 595. The number of aliphatic carboxylic acids is 1. The monoisotopic (exact) mass is 291 g/mol. The number of thiazole rings is 1. The van der Waals surface area contributed by atoms with E-state index in [1.54, 1.807) is 25.4 Å². The van der Waals surface area contributed by atoms with Crippen molar-refractivity contribution in [3.05, 3.63) is 41.2 Å². The summed E-state index contributed by atoms with van der Waals surface area (Å²) in [7, 11) is 0. The van der Waals surface area contributed by atoms with E-state index in [-0.39, 0.29) is 6.04 Å². The van der Waals surface area contributed by atoms with Crippen LogP contribution in [0.4, 0.5) is 5.13 Å². The summed E-state index contributed by atoms with van der Waals surface area (Å²) in [4.78, 5) is 19.9. The molecule has 6 heteroatoms. The van der Waals surface area contributed by atoms with E-state index in [1.165, 1.54) is 11.3 Å². The van der Waals surface area contributed by atoms with Crippen molar-refractivity contribution >= 4 is 22.4 Å². The lowest BCUT2D eigenvalue weighted by Gasteiger charge is -2.16. The molecule has 2 heterocycles. The van der Waals surface area contributed by atoms with Crippen LogP contribution in [0.2, 0.25) is 0 Å². The molecule has 0 saturated heterocycles. The van der Waals surface area contributed by atoms with Gasteiger partial charge in [0.15, 0.2) is 5.13 Å². The van der Waals surface area contributed by atoms with Crippen molar-refractivity contribution < 1.29 is 9.90 Å². The van der Waals surface area contributed by atoms with Gasteiger partial charge in [-0.05, 0) is 32.9 Å². The Hall–Kier alpha value is -1.95. The summed E-state index contributed by atoms with van der Waals surface area (Å²) in [5, 5.41) is 14.9. The Kier molecular flexibility index (Phi) is 4.04. The fourth-order valence-electron chi connectivity index (χ4n) is 1.63. The fourth-order valence-corrected chi connectivity index (χ4v) is 2.59. The van der Waals surface area contributed by atoms with Gasteiger partial charge >= 0.3 is 5.97 Å². The van der Waals surface area contributed by atoms with E-state index in [1.807, 2.05) is 25.1 Å². The molecule has 0 aliphatic rings. The maximum absolute atomic E-state index is 11.2. The molecule has 0 amide bonds. The molecule has 0 radical (unpaired) electrons. The number of anilines is 1. The average Bonchev–Trinajstić information content (AvgIpc) is 2.88. The van der Waals surface area contributed by atoms with Crippen LogP contribution in [-0.4, -0.2) is 21.0 Å². The topological polar surface area (TPSA) is 75.1 Å². The van der Waals surface area contributed by atoms with Crippen LogP contribution in [0.25, 0.3) is 0 Å². The molecule has 106 valence electrons. The van der Waals surface area contributed by atoms with Gasteiger partial charge in [-0.3, -0.25) is 9.78 Å². The van der Waals surface area contributed by atoms with Crippen LogP contribution >= 0.6 is 11.3 Å². The van der Waals surface area contributed by atoms with Crippen LogP contribution in [0, 0.1) is 0 Å². The van der Waals surface area contributed by atoms with Crippen molar-refractivity contribution in [3.63, 3.8) is 0 Å². The number of rotatable bonds is 5. The number of hydrogen-bond donors (Lipinski definition) is 2. The molecule has 0 bridgehead atoms. The summed E-state index contributed by atoms with van der Waals surface area (Å²) in [6.45, 7) is 5.29. The summed E-state index contributed by atoms with van der Waals surface area (Å²) >= 11 is 1.40. The zero-order chi connectivity index (χ0) is 14.8. The molecule has 0 spiro atoms. The molecule has 5 nitrogen and oxygen atoms in total. The minimum atomic E-state index is -0.981. The number of nitrogens with one attached hydrogen (secondary N) is 1. The number of carbonyl (C=O) groups is 1. The van der Waals surface area contributed by atoms with Crippen molar-refractivity contribution in [1.29, 1.82) is 0 Å². The second-order valence-corrected chi connectivity index (χ2v) is 5.95. The Morgan fingerprint density at radius 2 is 2.20 bits per heavy atom. The molecule has 0 aliphatic heterocycles. The molecule has 0 fully saturated rings. The average molecular weight is 291 g/mol. The molecule has 0 aromatic carbocycles. The van der Waals surface area contributed by atoms with Crippen LogP contribution in [0.15, 0.2) is 29.8 Å². The van der Waals surface area contributed by atoms with Gasteiger partial charge in [0.05, 0.1) is 17.4 Å².